The van der Waals surface area contributed by atoms with E-state index in [4.69, 9.17) is 0 Å². The average Bonchev–Trinajstić information content (AvgIpc) is 3.10. The van der Waals surface area contributed by atoms with Crippen molar-refractivity contribution in [1.82, 2.24) is 14.9 Å². The topological polar surface area (TPSA) is 46.9 Å². The predicted octanol–water partition coefficient (Wildman–Crippen LogP) is 5.06. The van der Waals surface area contributed by atoms with Gasteiger partial charge in [0.05, 0.1) is 16.9 Å². The maximum atomic E-state index is 14.6. The third kappa shape index (κ3) is 3.85. The number of nitrogens with one attached hydrogen (secondary N) is 1. The van der Waals surface area contributed by atoms with Gasteiger partial charge in [0, 0.05) is 30.7 Å². The molecule has 2 aromatic heterocycles. The van der Waals surface area contributed by atoms with E-state index < -0.39 is 11.6 Å². The van der Waals surface area contributed by atoms with Gasteiger partial charge in [-0.1, -0.05) is 30.3 Å². The van der Waals surface area contributed by atoms with Crippen molar-refractivity contribution in [3.63, 3.8) is 0 Å². The fourth-order valence-corrected chi connectivity index (χ4v) is 3.41. The molecule has 0 aliphatic carbocycles. The van der Waals surface area contributed by atoms with Crippen LogP contribution in [-0.2, 0) is 6.54 Å². The fraction of sp³-hybridized carbons (Fsp3) is 0.0833. The lowest BCUT2D eigenvalue weighted by Crippen LogP contribution is -2.23. The van der Waals surface area contributed by atoms with Crippen LogP contribution in [-0.4, -0.2) is 15.5 Å². The van der Waals surface area contributed by atoms with Gasteiger partial charge in [-0.3, -0.25) is 9.78 Å². The Kier molecular flexibility index (Phi) is 5.39. The van der Waals surface area contributed by atoms with Crippen LogP contribution >= 0.6 is 0 Å². The Bertz CT molecular complexity index is 1190. The Morgan fingerprint density at radius 3 is 2.43 bits per heavy atom. The summed E-state index contributed by atoms with van der Waals surface area (Å²) in [6.07, 6.45) is 3.32. The van der Waals surface area contributed by atoms with Crippen molar-refractivity contribution < 1.29 is 13.6 Å². The molecule has 1 amide bonds. The Morgan fingerprint density at radius 1 is 1.00 bits per heavy atom. The molecule has 0 aliphatic rings. The van der Waals surface area contributed by atoms with Crippen molar-refractivity contribution in [2.45, 2.75) is 13.5 Å². The van der Waals surface area contributed by atoms with Crippen molar-refractivity contribution in [1.29, 1.82) is 0 Å². The maximum Gasteiger partial charge on any atom is 0.253 e. The zero-order valence-electron chi connectivity index (χ0n) is 16.3. The van der Waals surface area contributed by atoms with Gasteiger partial charge in [0.15, 0.2) is 0 Å². The van der Waals surface area contributed by atoms with Gasteiger partial charge in [-0.15, -0.1) is 0 Å². The van der Waals surface area contributed by atoms with Crippen LogP contribution in [0.4, 0.5) is 8.78 Å². The molecule has 0 fully saturated rings. The number of amides is 1. The molecule has 4 nitrogen and oxygen atoms in total. The van der Waals surface area contributed by atoms with E-state index in [1.54, 1.807) is 30.0 Å². The van der Waals surface area contributed by atoms with Crippen molar-refractivity contribution in [2.75, 3.05) is 0 Å². The molecule has 6 heteroatoms. The molecular weight excluding hydrogens is 384 g/mol. The molecule has 0 radical (unpaired) electrons. The van der Waals surface area contributed by atoms with Gasteiger partial charge >= 0.3 is 0 Å². The standard InChI is InChI=1S/C24H19F2N3O/c1-16-20(24(30)28-15-17-9-11-27-12-10-17)14-23(18-5-3-2-4-6-18)29(16)22-8-7-19(25)13-21(22)26/h2-14H,15H2,1H3,(H,28,30). The van der Waals surface area contributed by atoms with Gasteiger partial charge in [0.1, 0.15) is 11.6 Å². The van der Waals surface area contributed by atoms with Crippen LogP contribution in [0.1, 0.15) is 21.6 Å². The molecule has 150 valence electrons. The van der Waals surface area contributed by atoms with Crippen LogP contribution in [0.5, 0.6) is 0 Å². The molecule has 2 heterocycles. The van der Waals surface area contributed by atoms with Crippen molar-refractivity contribution in [3.8, 4) is 16.9 Å². The van der Waals surface area contributed by atoms with E-state index in [0.29, 0.717) is 23.5 Å². The minimum atomic E-state index is -0.699. The molecule has 0 aliphatic heterocycles. The zero-order chi connectivity index (χ0) is 21.1. The molecule has 2 aromatic carbocycles. The number of carbonyl (C=O) groups is 1. The second-order valence-electron chi connectivity index (χ2n) is 6.86. The van der Waals surface area contributed by atoms with Crippen LogP contribution in [0.15, 0.2) is 79.1 Å². The highest BCUT2D eigenvalue weighted by Crippen LogP contribution is 2.31. The van der Waals surface area contributed by atoms with Crippen LogP contribution < -0.4 is 5.32 Å². The molecule has 30 heavy (non-hydrogen) atoms. The van der Waals surface area contributed by atoms with E-state index in [1.165, 1.54) is 12.1 Å². The first kappa shape index (κ1) is 19.5. The monoisotopic (exact) mass is 403 g/mol. The van der Waals surface area contributed by atoms with E-state index in [9.17, 15) is 13.6 Å². The predicted molar refractivity (Wildman–Crippen MR) is 111 cm³/mol. The summed E-state index contributed by atoms with van der Waals surface area (Å²) in [5.41, 5.74) is 3.55. The summed E-state index contributed by atoms with van der Waals surface area (Å²) in [7, 11) is 0. The average molecular weight is 403 g/mol. The Hall–Kier alpha value is -3.80. The second-order valence-corrected chi connectivity index (χ2v) is 6.86. The SMILES string of the molecule is Cc1c(C(=O)NCc2ccncc2)cc(-c2ccccc2)n1-c1ccc(F)cc1F. The van der Waals surface area contributed by atoms with Gasteiger partial charge in [0.25, 0.3) is 5.91 Å². The third-order valence-electron chi connectivity index (χ3n) is 4.91. The summed E-state index contributed by atoms with van der Waals surface area (Å²) in [4.78, 5) is 16.9. The van der Waals surface area contributed by atoms with Crippen molar-refractivity contribution in [3.05, 3.63) is 108 Å². The number of pyridine rings is 1. The number of aromatic nitrogens is 2. The quantitative estimate of drug-likeness (QED) is 0.507. The lowest BCUT2D eigenvalue weighted by atomic mass is 10.1. The third-order valence-corrected chi connectivity index (χ3v) is 4.91. The number of hydrogen-bond acceptors (Lipinski definition) is 2. The Labute approximate surface area is 172 Å². The van der Waals surface area contributed by atoms with E-state index in [2.05, 4.69) is 10.3 Å². The summed E-state index contributed by atoms with van der Waals surface area (Å²) in [6, 6.07) is 18.2. The van der Waals surface area contributed by atoms with Gasteiger partial charge in [-0.25, -0.2) is 8.78 Å². The largest absolute Gasteiger partial charge is 0.348 e. The fourth-order valence-electron chi connectivity index (χ4n) is 3.41. The van der Waals surface area contributed by atoms with Gasteiger partial charge in [-0.05, 0) is 48.4 Å². The molecule has 4 aromatic rings. The number of halogens is 2. The second kappa shape index (κ2) is 8.29. The summed E-state index contributed by atoms with van der Waals surface area (Å²) >= 11 is 0. The van der Waals surface area contributed by atoms with Crippen LogP contribution in [0.25, 0.3) is 16.9 Å². The number of benzene rings is 2. The highest BCUT2D eigenvalue weighted by molar-refractivity contribution is 5.97. The lowest BCUT2D eigenvalue weighted by Gasteiger charge is -2.13. The van der Waals surface area contributed by atoms with Gasteiger partial charge in [0.2, 0.25) is 0 Å². The smallest absolute Gasteiger partial charge is 0.253 e. The number of nitrogens with zero attached hydrogens (tertiary/aromatic N) is 2. The highest BCUT2D eigenvalue weighted by atomic mass is 19.1. The minimum absolute atomic E-state index is 0.181. The summed E-state index contributed by atoms with van der Waals surface area (Å²) < 4.78 is 29.7. The minimum Gasteiger partial charge on any atom is -0.348 e. The van der Waals surface area contributed by atoms with Crippen LogP contribution in [0, 0.1) is 18.6 Å². The summed E-state index contributed by atoms with van der Waals surface area (Å²) in [5.74, 6) is -1.63. The molecule has 0 spiro atoms. The first-order chi connectivity index (χ1) is 14.5. The molecule has 0 saturated heterocycles. The van der Waals surface area contributed by atoms with Crippen LogP contribution in [0.3, 0.4) is 0 Å². The van der Waals surface area contributed by atoms with E-state index in [0.717, 1.165) is 17.2 Å². The van der Waals surface area contributed by atoms with Gasteiger partial charge < -0.3 is 9.88 Å². The lowest BCUT2D eigenvalue weighted by molar-refractivity contribution is 0.0950. The molecule has 0 saturated carbocycles. The van der Waals surface area contributed by atoms with Crippen molar-refractivity contribution >= 4 is 5.91 Å². The number of hydrogen-bond donors (Lipinski definition) is 1. The molecule has 1 N–H and O–H groups in total. The molecule has 4 rings (SSSR count). The van der Waals surface area contributed by atoms with Crippen molar-refractivity contribution in [2.24, 2.45) is 0 Å². The summed E-state index contributed by atoms with van der Waals surface area (Å²) in [6.45, 7) is 2.09. The van der Waals surface area contributed by atoms with E-state index in [-0.39, 0.29) is 11.6 Å². The van der Waals surface area contributed by atoms with Crippen LogP contribution in [0.2, 0.25) is 0 Å². The molecule has 0 unspecified atom stereocenters. The molecular formula is C24H19F2N3O. The first-order valence-corrected chi connectivity index (χ1v) is 9.45. The maximum absolute atomic E-state index is 14.6. The normalized spacial score (nSPS) is 10.8. The number of carbonyl (C=O) groups excluding carboxylic acids is 1. The van der Waals surface area contributed by atoms with Gasteiger partial charge in [-0.2, -0.15) is 0 Å². The Balaban J connectivity index is 1.77. The first-order valence-electron chi connectivity index (χ1n) is 9.45. The summed E-state index contributed by atoms with van der Waals surface area (Å²) in [5, 5.41) is 2.89. The Morgan fingerprint density at radius 2 is 1.73 bits per heavy atom. The molecule has 0 atom stereocenters. The van der Waals surface area contributed by atoms with E-state index in [1.807, 2.05) is 42.5 Å². The number of rotatable bonds is 5. The zero-order valence-corrected chi connectivity index (χ0v) is 16.3. The molecule has 0 bridgehead atoms. The highest BCUT2D eigenvalue weighted by Gasteiger charge is 2.21. The van der Waals surface area contributed by atoms with E-state index >= 15 is 0 Å².